The van der Waals surface area contributed by atoms with Crippen molar-refractivity contribution in [1.29, 1.82) is 0 Å². The molecule has 3 rings (SSSR count). The van der Waals surface area contributed by atoms with E-state index in [9.17, 15) is 4.39 Å². The summed E-state index contributed by atoms with van der Waals surface area (Å²) in [5, 5.41) is 4.47. The summed E-state index contributed by atoms with van der Waals surface area (Å²) in [4.78, 5) is 6.96. The predicted molar refractivity (Wildman–Crippen MR) is 108 cm³/mol. The molecule has 148 valence electrons. The third-order valence-corrected chi connectivity index (χ3v) is 5.84. The maximum atomic E-state index is 14.1. The monoisotopic (exact) mass is 412 g/mol. The summed E-state index contributed by atoms with van der Waals surface area (Å²) in [7, 11) is 1.67. The maximum Gasteiger partial charge on any atom is 0.202 e. The molecule has 5 nitrogen and oxygen atoms in total. The Hall–Kier alpha value is -1.28. The second-order valence-electron chi connectivity index (χ2n) is 7.78. The van der Waals surface area contributed by atoms with Crippen molar-refractivity contribution in [3.8, 4) is 0 Å². The first-order valence-corrected chi connectivity index (χ1v) is 10.2. The van der Waals surface area contributed by atoms with Gasteiger partial charge in [-0.1, -0.05) is 17.7 Å². The van der Waals surface area contributed by atoms with E-state index in [0.717, 1.165) is 29.5 Å². The molecular formula is C19H26ClFN4OS. The molecule has 2 atom stereocenters. The van der Waals surface area contributed by atoms with E-state index in [-0.39, 0.29) is 28.5 Å². The average molecular weight is 413 g/mol. The van der Waals surface area contributed by atoms with Crippen molar-refractivity contribution in [3.63, 3.8) is 0 Å². The molecule has 1 aromatic heterocycles. The molecule has 2 aromatic rings. The number of methoxy groups -OCH3 is 1. The molecule has 1 fully saturated rings. The highest BCUT2D eigenvalue weighted by molar-refractivity contribution is 7.09. The number of rotatable bonds is 6. The van der Waals surface area contributed by atoms with Crippen molar-refractivity contribution in [1.82, 2.24) is 14.3 Å². The van der Waals surface area contributed by atoms with Gasteiger partial charge in [0, 0.05) is 43.2 Å². The lowest BCUT2D eigenvalue weighted by atomic mass is 9.96. The van der Waals surface area contributed by atoms with Gasteiger partial charge in [0.15, 0.2) is 0 Å². The minimum Gasteiger partial charge on any atom is -0.384 e. The molecule has 0 radical (unpaired) electrons. The van der Waals surface area contributed by atoms with E-state index < -0.39 is 0 Å². The van der Waals surface area contributed by atoms with Gasteiger partial charge in [-0.3, -0.25) is 4.90 Å². The quantitative estimate of drug-likeness (QED) is 0.754. The minimum atomic E-state index is -0.383. The number of likely N-dealkylation sites (tertiary alicyclic amines) is 1. The fourth-order valence-corrected chi connectivity index (χ4v) is 4.36. The molecule has 1 saturated heterocycles. The van der Waals surface area contributed by atoms with E-state index in [4.69, 9.17) is 16.3 Å². The van der Waals surface area contributed by atoms with Crippen LogP contribution in [0.25, 0.3) is 0 Å². The van der Waals surface area contributed by atoms with Crippen molar-refractivity contribution in [3.05, 3.63) is 40.4 Å². The van der Waals surface area contributed by atoms with Crippen molar-refractivity contribution in [2.24, 2.45) is 0 Å². The van der Waals surface area contributed by atoms with Crippen LogP contribution in [0, 0.1) is 5.82 Å². The topological polar surface area (TPSA) is 50.3 Å². The van der Waals surface area contributed by atoms with Crippen LogP contribution in [0.5, 0.6) is 0 Å². The summed E-state index contributed by atoms with van der Waals surface area (Å²) in [5.41, 5.74) is 0.882. The lowest BCUT2D eigenvalue weighted by Gasteiger charge is -2.38. The van der Waals surface area contributed by atoms with Gasteiger partial charge < -0.3 is 10.1 Å². The molecule has 0 bridgehead atoms. The Morgan fingerprint density at radius 2 is 2.19 bits per heavy atom. The summed E-state index contributed by atoms with van der Waals surface area (Å²) >= 11 is 7.25. The lowest BCUT2D eigenvalue weighted by Crippen LogP contribution is -2.43. The second-order valence-corrected chi connectivity index (χ2v) is 8.94. The van der Waals surface area contributed by atoms with Crippen molar-refractivity contribution >= 4 is 28.3 Å². The molecule has 0 aliphatic carbocycles. The van der Waals surface area contributed by atoms with Crippen LogP contribution in [-0.2, 0) is 11.2 Å². The summed E-state index contributed by atoms with van der Waals surface area (Å²) in [6, 6.07) is 5.25. The highest BCUT2D eigenvalue weighted by Gasteiger charge is 2.41. The molecule has 1 aliphatic rings. The first-order chi connectivity index (χ1) is 12.8. The number of nitrogens with one attached hydrogen (secondary N) is 1. The number of aromatic nitrogens is 2. The minimum absolute atomic E-state index is 0.0306. The van der Waals surface area contributed by atoms with Crippen LogP contribution in [0.2, 0.25) is 5.02 Å². The van der Waals surface area contributed by atoms with E-state index in [0.29, 0.717) is 13.0 Å². The number of benzene rings is 1. The normalized spacial score (nSPS) is 21.0. The second kappa shape index (κ2) is 8.39. The summed E-state index contributed by atoms with van der Waals surface area (Å²) in [6.07, 6.45) is 1.64. The summed E-state index contributed by atoms with van der Waals surface area (Å²) in [5.74, 6) is 0.399. The maximum absolute atomic E-state index is 14.1. The molecule has 1 N–H and O–H groups in total. The van der Waals surface area contributed by atoms with Crippen LogP contribution < -0.4 is 5.32 Å². The van der Waals surface area contributed by atoms with E-state index in [1.165, 1.54) is 11.5 Å². The van der Waals surface area contributed by atoms with Gasteiger partial charge in [0.25, 0.3) is 0 Å². The Bertz CT molecular complexity index is 779. The molecule has 2 unspecified atom stereocenters. The van der Waals surface area contributed by atoms with Crippen molar-refractivity contribution < 1.29 is 9.13 Å². The third kappa shape index (κ3) is 4.77. The Labute approximate surface area is 169 Å². The van der Waals surface area contributed by atoms with Gasteiger partial charge in [-0.05, 0) is 44.9 Å². The Kier molecular flexibility index (Phi) is 6.35. The highest BCUT2D eigenvalue weighted by Crippen LogP contribution is 2.39. The summed E-state index contributed by atoms with van der Waals surface area (Å²) < 4.78 is 23.6. The molecule has 27 heavy (non-hydrogen) atoms. The number of ether oxygens (including phenoxy) is 1. The van der Waals surface area contributed by atoms with E-state index in [2.05, 4.69) is 40.3 Å². The zero-order chi connectivity index (χ0) is 19.6. The first kappa shape index (κ1) is 20.5. The fraction of sp³-hybridized carbons (Fsp3) is 0.579. The Morgan fingerprint density at radius 3 is 2.85 bits per heavy atom. The summed E-state index contributed by atoms with van der Waals surface area (Å²) in [6.45, 7) is 8.07. The first-order valence-electron chi connectivity index (χ1n) is 9.09. The molecule has 0 spiro atoms. The molecule has 0 saturated carbocycles. The van der Waals surface area contributed by atoms with Gasteiger partial charge >= 0.3 is 0 Å². The van der Waals surface area contributed by atoms with Crippen LogP contribution in [0.1, 0.15) is 44.6 Å². The zero-order valence-electron chi connectivity index (χ0n) is 16.1. The lowest BCUT2D eigenvalue weighted by molar-refractivity contribution is 0.118. The number of nitrogens with zero attached hydrogens (tertiary/aromatic N) is 3. The molecular weight excluding hydrogens is 387 g/mol. The fourth-order valence-electron chi connectivity index (χ4n) is 3.57. The van der Waals surface area contributed by atoms with E-state index in [1.807, 2.05) is 6.07 Å². The van der Waals surface area contributed by atoms with Crippen molar-refractivity contribution in [2.45, 2.75) is 51.2 Å². The van der Waals surface area contributed by atoms with E-state index >= 15 is 0 Å². The van der Waals surface area contributed by atoms with Gasteiger partial charge in [0.05, 0.1) is 17.7 Å². The number of hydrogen-bond donors (Lipinski definition) is 1. The van der Waals surface area contributed by atoms with Gasteiger partial charge in [-0.2, -0.15) is 4.37 Å². The van der Waals surface area contributed by atoms with Gasteiger partial charge in [-0.15, -0.1) is 0 Å². The van der Waals surface area contributed by atoms with Gasteiger partial charge in [-0.25, -0.2) is 9.37 Å². The molecule has 1 aromatic carbocycles. The largest absolute Gasteiger partial charge is 0.384 e. The Balaban J connectivity index is 1.84. The third-order valence-electron chi connectivity index (χ3n) is 4.85. The van der Waals surface area contributed by atoms with Crippen molar-refractivity contribution in [2.75, 3.05) is 25.6 Å². The number of hydrogen-bond acceptors (Lipinski definition) is 6. The predicted octanol–water partition coefficient (Wildman–Crippen LogP) is 4.55. The van der Waals surface area contributed by atoms with Crippen LogP contribution in [0.15, 0.2) is 18.2 Å². The smallest absolute Gasteiger partial charge is 0.202 e. The SMILES string of the molecule is COCCc1nsc(NC2CCN(C(C)(C)C)C2c2ccc(Cl)c(F)c2)n1. The zero-order valence-corrected chi connectivity index (χ0v) is 17.7. The van der Waals surface area contributed by atoms with Crippen LogP contribution in [0.4, 0.5) is 9.52 Å². The Morgan fingerprint density at radius 1 is 1.41 bits per heavy atom. The number of anilines is 1. The average Bonchev–Trinajstić information content (AvgIpc) is 3.22. The molecule has 0 amide bonds. The standard InChI is InChI=1S/C19H26ClFN4OS/c1-19(2,3)25-9-7-15(17(25)12-5-6-13(20)14(21)11-12)22-18-23-16(24-27-18)8-10-26-4/h5-6,11,15,17H,7-10H2,1-4H3,(H,22,23,24). The van der Waals surface area contributed by atoms with Gasteiger partial charge in [0.2, 0.25) is 5.13 Å². The van der Waals surface area contributed by atoms with Crippen LogP contribution >= 0.6 is 23.1 Å². The molecule has 2 heterocycles. The van der Waals surface area contributed by atoms with Gasteiger partial charge in [0.1, 0.15) is 11.6 Å². The molecule has 8 heteroatoms. The van der Waals surface area contributed by atoms with Crippen LogP contribution in [-0.4, -0.2) is 46.1 Å². The van der Waals surface area contributed by atoms with E-state index in [1.54, 1.807) is 19.2 Å². The number of halogens is 2. The highest BCUT2D eigenvalue weighted by atomic mass is 35.5. The van der Waals surface area contributed by atoms with Crippen LogP contribution in [0.3, 0.4) is 0 Å². The molecule has 1 aliphatic heterocycles.